The van der Waals surface area contributed by atoms with Gasteiger partial charge in [-0.2, -0.15) is 8.78 Å². The molecule has 6 nitrogen and oxygen atoms in total. The molecule has 1 aliphatic carbocycles. The van der Waals surface area contributed by atoms with Gasteiger partial charge in [0.15, 0.2) is 23.2 Å². The number of hydrogen-bond donors (Lipinski definition) is 1. The average Bonchev–Trinajstić information content (AvgIpc) is 3.29. The minimum absolute atomic E-state index is 0.0798. The van der Waals surface area contributed by atoms with Gasteiger partial charge in [-0.05, 0) is 32.1 Å². The molecule has 1 saturated carbocycles. The van der Waals surface area contributed by atoms with E-state index in [1.807, 2.05) is 13.8 Å². The van der Waals surface area contributed by atoms with Crippen LogP contribution in [-0.2, 0) is 10.3 Å². The van der Waals surface area contributed by atoms with E-state index >= 15 is 0 Å². The third kappa shape index (κ3) is 5.54. The van der Waals surface area contributed by atoms with E-state index in [1.54, 1.807) is 6.20 Å². The van der Waals surface area contributed by atoms with Gasteiger partial charge in [0.2, 0.25) is 11.6 Å². The van der Waals surface area contributed by atoms with Gasteiger partial charge in [0.25, 0.3) is 0 Å². The second-order valence-corrected chi connectivity index (χ2v) is 8.91. The zero-order chi connectivity index (χ0) is 24.2. The van der Waals surface area contributed by atoms with E-state index < -0.39 is 53.0 Å². The molecule has 3 rings (SSSR count). The van der Waals surface area contributed by atoms with Gasteiger partial charge >= 0.3 is 0 Å². The lowest BCUT2D eigenvalue weighted by atomic mass is 9.75. The fraction of sp³-hybridized carbons (Fsp3) is 0.609. The van der Waals surface area contributed by atoms with Gasteiger partial charge in [-0.1, -0.05) is 44.2 Å². The number of nitrogens with zero attached hydrogens (tertiary/aromatic N) is 3. The Morgan fingerprint density at radius 2 is 1.85 bits per heavy atom. The second kappa shape index (κ2) is 10.6. The summed E-state index contributed by atoms with van der Waals surface area (Å²) in [6, 6.07) is -0.742. The number of aromatic nitrogens is 3. The van der Waals surface area contributed by atoms with E-state index in [4.69, 9.17) is 10.5 Å². The molecule has 0 aliphatic heterocycles. The summed E-state index contributed by atoms with van der Waals surface area (Å²) in [7, 11) is 0. The predicted octanol–water partition coefficient (Wildman–Crippen LogP) is 4.97. The van der Waals surface area contributed by atoms with Crippen molar-refractivity contribution in [3.8, 4) is 5.75 Å². The fourth-order valence-electron chi connectivity index (χ4n) is 4.34. The van der Waals surface area contributed by atoms with Crippen molar-refractivity contribution >= 4 is 5.78 Å². The maximum absolute atomic E-state index is 13.9. The summed E-state index contributed by atoms with van der Waals surface area (Å²) in [6.07, 6.45) is 8.86. The molecule has 1 unspecified atom stereocenters. The highest BCUT2D eigenvalue weighted by Crippen LogP contribution is 2.36. The Bertz CT molecular complexity index is 947. The predicted molar refractivity (Wildman–Crippen MR) is 113 cm³/mol. The quantitative estimate of drug-likeness (QED) is 0.392. The van der Waals surface area contributed by atoms with Crippen LogP contribution in [0, 0.1) is 29.2 Å². The zero-order valence-electron chi connectivity index (χ0n) is 18.9. The third-order valence-corrected chi connectivity index (χ3v) is 6.47. The molecule has 1 aliphatic rings. The van der Waals surface area contributed by atoms with Gasteiger partial charge < -0.3 is 10.5 Å². The van der Waals surface area contributed by atoms with E-state index in [-0.39, 0.29) is 12.0 Å². The van der Waals surface area contributed by atoms with Crippen LogP contribution in [0.4, 0.5) is 17.6 Å². The van der Waals surface area contributed by atoms with Gasteiger partial charge in [0, 0.05) is 6.07 Å². The van der Waals surface area contributed by atoms with Crippen LogP contribution >= 0.6 is 0 Å². The van der Waals surface area contributed by atoms with Crippen LogP contribution in [-0.4, -0.2) is 27.4 Å². The Labute approximate surface area is 190 Å². The first-order valence-corrected chi connectivity index (χ1v) is 11.4. The van der Waals surface area contributed by atoms with E-state index in [0.29, 0.717) is 18.5 Å². The van der Waals surface area contributed by atoms with Crippen molar-refractivity contribution in [3.05, 3.63) is 41.2 Å². The summed E-state index contributed by atoms with van der Waals surface area (Å²) < 4.78 is 60.9. The summed E-state index contributed by atoms with van der Waals surface area (Å²) in [5.41, 5.74) is 6.47. The van der Waals surface area contributed by atoms with Crippen LogP contribution in [0.2, 0.25) is 0 Å². The van der Waals surface area contributed by atoms with Crippen molar-refractivity contribution in [2.75, 3.05) is 6.61 Å². The Hall–Kier alpha value is -2.49. The first-order chi connectivity index (χ1) is 15.7. The van der Waals surface area contributed by atoms with E-state index in [1.165, 1.54) is 11.1 Å². The first kappa shape index (κ1) is 25.1. The minimum atomic E-state index is -1.69. The number of carbonyl (C=O) groups excluding carboxylic acids is 1. The number of rotatable bonds is 10. The summed E-state index contributed by atoms with van der Waals surface area (Å²) in [6.45, 7) is 3.07. The molecule has 2 N–H and O–H groups in total. The number of ketones is 1. The molecule has 0 amide bonds. The van der Waals surface area contributed by atoms with Crippen LogP contribution in [0.15, 0.2) is 12.3 Å². The summed E-state index contributed by atoms with van der Waals surface area (Å²) in [5.74, 6) is -8.17. The highest BCUT2D eigenvalue weighted by Gasteiger charge is 2.36. The van der Waals surface area contributed by atoms with Gasteiger partial charge in [0.1, 0.15) is 18.3 Å². The number of benzene rings is 1. The summed E-state index contributed by atoms with van der Waals surface area (Å²) in [4.78, 5) is 12.9. The molecule has 10 heteroatoms. The molecular weight excluding hydrogens is 440 g/mol. The number of Topliss-reactive ketones (excluding diaryl/α,β-unsaturated/α-hetero) is 1. The lowest BCUT2D eigenvalue weighted by Gasteiger charge is -2.35. The van der Waals surface area contributed by atoms with Gasteiger partial charge in [-0.25, -0.2) is 13.5 Å². The topological polar surface area (TPSA) is 83.0 Å². The fourth-order valence-corrected chi connectivity index (χ4v) is 4.34. The van der Waals surface area contributed by atoms with Crippen LogP contribution in [0.5, 0.6) is 5.75 Å². The molecule has 0 radical (unpaired) electrons. The number of halogens is 4. The molecule has 0 bridgehead atoms. The smallest absolute Gasteiger partial charge is 0.203 e. The standard InChI is InChI=1S/C23H30F4N4O2/c1-3-4-10-17(18(32)13-33-22-20(26)15(24)11-16(25)21(22)27)31-12-19(29-30-31)23(2,28)14-8-6-5-7-9-14/h11-12,14,17H,3-10,13,28H2,1-2H3/t17?,23-/m0/s1. The zero-order valence-corrected chi connectivity index (χ0v) is 18.9. The molecule has 0 spiro atoms. The number of nitrogens with two attached hydrogens (primary N) is 1. The van der Waals surface area contributed by atoms with E-state index in [9.17, 15) is 22.4 Å². The maximum atomic E-state index is 13.9. The molecular formula is C23H30F4N4O2. The summed E-state index contributed by atoms with van der Waals surface area (Å²) >= 11 is 0. The molecule has 1 aromatic heterocycles. The first-order valence-electron chi connectivity index (χ1n) is 11.4. The third-order valence-electron chi connectivity index (χ3n) is 6.47. The molecule has 1 fully saturated rings. The van der Waals surface area contributed by atoms with Crippen LogP contribution < -0.4 is 10.5 Å². The minimum Gasteiger partial charge on any atom is -0.479 e. The van der Waals surface area contributed by atoms with Crippen LogP contribution in [0.3, 0.4) is 0 Å². The Morgan fingerprint density at radius 3 is 2.45 bits per heavy atom. The van der Waals surface area contributed by atoms with Crippen LogP contribution in [0.25, 0.3) is 0 Å². The van der Waals surface area contributed by atoms with Crippen LogP contribution in [0.1, 0.15) is 76.9 Å². The Kier molecular flexibility index (Phi) is 8.10. The largest absolute Gasteiger partial charge is 0.479 e. The normalized spacial score (nSPS) is 17.5. The summed E-state index contributed by atoms with van der Waals surface area (Å²) in [5, 5.41) is 8.33. The molecule has 2 atom stereocenters. The van der Waals surface area contributed by atoms with Crippen molar-refractivity contribution in [2.45, 2.75) is 76.8 Å². The van der Waals surface area contributed by atoms with Gasteiger partial charge in [-0.15, -0.1) is 5.10 Å². The lowest BCUT2D eigenvalue weighted by molar-refractivity contribution is -0.124. The van der Waals surface area contributed by atoms with E-state index in [2.05, 4.69) is 10.3 Å². The van der Waals surface area contributed by atoms with Crippen molar-refractivity contribution in [1.82, 2.24) is 15.0 Å². The number of ether oxygens (including phenoxy) is 1. The van der Waals surface area contributed by atoms with Crippen molar-refractivity contribution in [2.24, 2.45) is 11.7 Å². The van der Waals surface area contributed by atoms with Crippen molar-refractivity contribution in [1.29, 1.82) is 0 Å². The monoisotopic (exact) mass is 470 g/mol. The Balaban J connectivity index is 1.78. The van der Waals surface area contributed by atoms with Gasteiger partial charge in [0.05, 0.1) is 11.7 Å². The SMILES string of the molecule is CCCCC(C(=O)COc1c(F)c(F)cc(F)c1F)n1cc([C@@](C)(N)C2CCCCC2)nn1. The molecule has 1 aromatic carbocycles. The molecule has 0 saturated heterocycles. The van der Waals surface area contributed by atoms with Crippen molar-refractivity contribution in [3.63, 3.8) is 0 Å². The van der Waals surface area contributed by atoms with E-state index in [0.717, 1.165) is 32.1 Å². The number of unbranched alkanes of at least 4 members (excludes halogenated alkanes) is 1. The molecule has 33 heavy (non-hydrogen) atoms. The number of carbonyl (C=O) groups is 1. The second-order valence-electron chi connectivity index (χ2n) is 8.91. The molecule has 1 heterocycles. The average molecular weight is 471 g/mol. The molecule has 182 valence electrons. The molecule has 2 aromatic rings. The highest BCUT2D eigenvalue weighted by molar-refractivity contribution is 5.84. The number of hydrogen-bond acceptors (Lipinski definition) is 5. The van der Waals surface area contributed by atoms with Gasteiger partial charge in [-0.3, -0.25) is 4.79 Å². The Morgan fingerprint density at radius 1 is 1.21 bits per heavy atom. The van der Waals surface area contributed by atoms with Crippen molar-refractivity contribution < 1.29 is 27.1 Å². The highest BCUT2D eigenvalue weighted by atomic mass is 19.2. The maximum Gasteiger partial charge on any atom is 0.203 e. The lowest BCUT2D eigenvalue weighted by Crippen LogP contribution is -2.42.